The van der Waals surface area contributed by atoms with Crippen LogP contribution in [0.15, 0.2) is 40.3 Å². The number of hydrogen-bond donors (Lipinski definition) is 2. The number of benzene rings is 1. The molecule has 0 radical (unpaired) electrons. The Morgan fingerprint density at radius 1 is 1.44 bits per heavy atom. The van der Waals surface area contributed by atoms with Gasteiger partial charge < -0.3 is 15.5 Å². The molecular formula is C18H28BrIN4O. The molecule has 0 aliphatic carbocycles. The quantitative estimate of drug-likeness (QED) is 0.177. The van der Waals surface area contributed by atoms with Crippen molar-refractivity contribution in [2.75, 3.05) is 32.5 Å². The number of amides is 1. The summed E-state index contributed by atoms with van der Waals surface area (Å²) < 4.78 is 0.947. The van der Waals surface area contributed by atoms with Crippen molar-refractivity contribution in [3.63, 3.8) is 0 Å². The van der Waals surface area contributed by atoms with Crippen molar-refractivity contribution in [3.8, 4) is 0 Å². The number of aliphatic imine (C=N–C) groups is 1. The van der Waals surface area contributed by atoms with E-state index in [9.17, 15) is 4.79 Å². The van der Waals surface area contributed by atoms with E-state index >= 15 is 0 Å². The molecule has 0 aliphatic heterocycles. The van der Waals surface area contributed by atoms with Crippen LogP contribution < -0.4 is 10.6 Å². The number of unbranched alkanes of at least 4 members (excludes halogenated alkanes) is 1. The number of nitrogens with zero attached hydrogens (tertiary/aromatic N) is 2. The van der Waals surface area contributed by atoms with Crippen molar-refractivity contribution >= 4 is 57.5 Å². The van der Waals surface area contributed by atoms with Crippen LogP contribution in [0.25, 0.3) is 0 Å². The van der Waals surface area contributed by atoms with Gasteiger partial charge in [-0.25, -0.2) is 0 Å². The second kappa shape index (κ2) is 13.2. The molecule has 0 unspecified atom stereocenters. The first-order valence-corrected chi connectivity index (χ1v) is 8.86. The highest BCUT2D eigenvalue weighted by molar-refractivity contribution is 14.0. The third-order valence-electron chi connectivity index (χ3n) is 3.58. The molecule has 1 aromatic carbocycles. The number of guanidine groups is 1. The summed E-state index contributed by atoms with van der Waals surface area (Å²) in [7, 11) is 3.74. The number of aryl methyl sites for hydroxylation is 1. The lowest BCUT2D eigenvalue weighted by Gasteiger charge is -2.21. The number of rotatable bonds is 8. The summed E-state index contributed by atoms with van der Waals surface area (Å²) in [6.07, 6.45) is 4.31. The van der Waals surface area contributed by atoms with E-state index in [0.717, 1.165) is 41.1 Å². The van der Waals surface area contributed by atoms with Crippen LogP contribution in [0.3, 0.4) is 0 Å². The highest BCUT2D eigenvalue weighted by atomic mass is 127. The van der Waals surface area contributed by atoms with E-state index in [1.54, 1.807) is 7.05 Å². The summed E-state index contributed by atoms with van der Waals surface area (Å²) in [6.45, 7) is 7.14. The van der Waals surface area contributed by atoms with E-state index in [1.807, 2.05) is 38.2 Å². The third-order valence-corrected chi connectivity index (χ3v) is 4.08. The molecule has 0 saturated carbocycles. The fourth-order valence-corrected chi connectivity index (χ4v) is 2.55. The lowest BCUT2D eigenvalue weighted by Crippen LogP contribution is -2.40. The standard InChI is InChI=1S/C18H27BrN4O.HI/c1-5-6-7-12-23(4)18(20-3)21-11-10-17(24)22-16-13-15(19)9-8-14(16)2;/h5,8-9,13H,1,6-7,10-12H2,2-4H3,(H,20,21)(H,22,24);1H. The van der Waals surface area contributed by atoms with Crippen LogP contribution in [-0.2, 0) is 4.79 Å². The van der Waals surface area contributed by atoms with Crippen molar-refractivity contribution < 1.29 is 4.79 Å². The summed E-state index contributed by atoms with van der Waals surface area (Å²) >= 11 is 3.42. The van der Waals surface area contributed by atoms with E-state index in [1.165, 1.54) is 0 Å². The predicted octanol–water partition coefficient (Wildman–Crippen LogP) is 4.18. The molecule has 5 nitrogen and oxygen atoms in total. The molecule has 1 rings (SSSR count). The van der Waals surface area contributed by atoms with Crippen LogP contribution in [-0.4, -0.2) is 44.0 Å². The van der Waals surface area contributed by atoms with Crippen LogP contribution >= 0.6 is 39.9 Å². The Morgan fingerprint density at radius 3 is 2.80 bits per heavy atom. The topological polar surface area (TPSA) is 56.7 Å². The Kier molecular flexibility index (Phi) is 12.6. The first kappa shape index (κ1) is 23.9. The normalized spacial score (nSPS) is 10.6. The molecule has 7 heteroatoms. The van der Waals surface area contributed by atoms with Gasteiger partial charge in [-0.15, -0.1) is 30.6 Å². The monoisotopic (exact) mass is 522 g/mol. The van der Waals surface area contributed by atoms with Gasteiger partial charge in [-0.3, -0.25) is 9.79 Å². The minimum Gasteiger partial charge on any atom is -0.356 e. The van der Waals surface area contributed by atoms with E-state index in [2.05, 4.69) is 43.0 Å². The zero-order valence-corrected chi connectivity index (χ0v) is 19.1. The van der Waals surface area contributed by atoms with Crippen molar-refractivity contribution in [2.45, 2.75) is 26.2 Å². The molecule has 2 N–H and O–H groups in total. The second-order valence-corrected chi connectivity index (χ2v) is 6.50. The van der Waals surface area contributed by atoms with E-state index in [-0.39, 0.29) is 29.9 Å². The first-order valence-electron chi connectivity index (χ1n) is 8.06. The van der Waals surface area contributed by atoms with Crippen LogP contribution in [0.4, 0.5) is 5.69 Å². The number of hydrogen-bond acceptors (Lipinski definition) is 2. The fraction of sp³-hybridized carbons (Fsp3) is 0.444. The molecule has 0 atom stereocenters. The molecule has 140 valence electrons. The Bertz CT molecular complexity index is 592. The molecule has 0 bridgehead atoms. The summed E-state index contributed by atoms with van der Waals surface area (Å²) in [5.74, 6) is 0.777. The SMILES string of the molecule is C=CCCCN(C)C(=NC)NCCC(=O)Nc1cc(Br)ccc1C.I. The third kappa shape index (κ3) is 9.25. The second-order valence-electron chi connectivity index (χ2n) is 5.58. The fourth-order valence-electron chi connectivity index (χ4n) is 2.19. The smallest absolute Gasteiger partial charge is 0.226 e. The van der Waals surface area contributed by atoms with Gasteiger partial charge in [-0.05, 0) is 37.5 Å². The highest BCUT2D eigenvalue weighted by Gasteiger charge is 2.08. The van der Waals surface area contributed by atoms with Gasteiger partial charge in [0.1, 0.15) is 0 Å². The summed E-state index contributed by atoms with van der Waals surface area (Å²) in [4.78, 5) is 18.4. The van der Waals surface area contributed by atoms with E-state index in [4.69, 9.17) is 0 Å². The van der Waals surface area contributed by atoms with Crippen molar-refractivity contribution in [1.29, 1.82) is 0 Å². The molecule has 0 aliphatic rings. The molecule has 0 heterocycles. The number of halogens is 2. The maximum Gasteiger partial charge on any atom is 0.226 e. The Morgan fingerprint density at radius 2 is 2.16 bits per heavy atom. The zero-order chi connectivity index (χ0) is 17.9. The van der Waals surface area contributed by atoms with Gasteiger partial charge in [-0.2, -0.15) is 0 Å². The van der Waals surface area contributed by atoms with E-state index in [0.29, 0.717) is 13.0 Å². The maximum atomic E-state index is 12.1. The van der Waals surface area contributed by atoms with Gasteiger partial charge in [0.15, 0.2) is 5.96 Å². The number of anilines is 1. The Hall–Kier alpha value is -1.09. The molecule has 0 aromatic heterocycles. The Labute approximate surface area is 176 Å². The summed E-state index contributed by atoms with van der Waals surface area (Å²) in [5, 5.41) is 6.16. The lowest BCUT2D eigenvalue weighted by atomic mass is 10.2. The van der Waals surface area contributed by atoms with Gasteiger partial charge in [-0.1, -0.05) is 28.1 Å². The molecule has 0 fully saturated rings. The molecule has 1 aromatic rings. The molecule has 1 amide bonds. The minimum atomic E-state index is -0.0199. The first-order chi connectivity index (χ1) is 11.5. The number of nitrogens with one attached hydrogen (secondary N) is 2. The molecule has 0 spiro atoms. The van der Waals surface area contributed by atoms with Crippen molar-refractivity contribution in [2.24, 2.45) is 4.99 Å². The predicted molar refractivity (Wildman–Crippen MR) is 121 cm³/mol. The number of allylic oxidation sites excluding steroid dienone is 1. The average Bonchev–Trinajstić information content (AvgIpc) is 2.55. The van der Waals surface area contributed by atoms with Gasteiger partial charge in [0.25, 0.3) is 0 Å². The maximum absolute atomic E-state index is 12.1. The lowest BCUT2D eigenvalue weighted by molar-refractivity contribution is -0.116. The average molecular weight is 523 g/mol. The number of carbonyl (C=O) groups excluding carboxylic acids is 1. The molecule has 0 saturated heterocycles. The van der Waals surface area contributed by atoms with Gasteiger partial charge in [0.05, 0.1) is 0 Å². The van der Waals surface area contributed by atoms with E-state index < -0.39 is 0 Å². The Balaban J connectivity index is 0.00000576. The minimum absolute atomic E-state index is 0. The van der Waals surface area contributed by atoms with Gasteiger partial charge in [0.2, 0.25) is 5.91 Å². The number of carbonyl (C=O) groups is 1. The highest BCUT2D eigenvalue weighted by Crippen LogP contribution is 2.20. The van der Waals surface area contributed by atoms with Crippen molar-refractivity contribution in [1.82, 2.24) is 10.2 Å². The van der Waals surface area contributed by atoms with Gasteiger partial charge >= 0.3 is 0 Å². The van der Waals surface area contributed by atoms with Crippen LogP contribution in [0.5, 0.6) is 0 Å². The van der Waals surface area contributed by atoms with Crippen LogP contribution in [0.2, 0.25) is 0 Å². The van der Waals surface area contributed by atoms with Crippen molar-refractivity contribution in [3.05, 3.63) is 40.9 Å². The van der Waals surface area contributed by atoms with Crippen LogP contribution in [0, 0.1) is 6.92 Å². The summed E-state index contributed by atoms with van der Waals surface area (Å²) in [5.41, 5.74) is 1.87. The largest absolute Gasteiger partial charge is 0.356 e. The van der Waals surface area contributed by atoms with Gasteiger partial charge in [0, 0.05) is 43.8 Å². The molecular weight excluding hydrogens is 495 g/mol. The summed E-state index contributed by atoms with van der Waals surface area (Å²) in [6, 6.07) is 5.84. The molecule has 25 heavy (non-hydrogen) atoms. The van der Waals surface area contributed by atoms with Crippen LogP contribution in [0.1, 0.15) is 24.8 Å². The zero-order valence-electron chi connectivity index (χ0n) is 15.1.